The predicted molar refractivity (Wildman–Crippen MR) is 61.8 cm³/mol. The van der Waals surface area contributed by atoms with Crippen molar-refractivity contribution in [2.45, 2.75) is 0 Å². The Hall–Kier alpha value is -1.12. The zero-order chi connectivity index (χ0) is 11.7. The molecule has 0 N–H and O–H groups in total. The summed E-state index contributed by atoms with van der Waals surface area (Å²) in [5, 5.41) is 0.234. The minimum absolute atomic E-state index is 0.00351. The highest BCUT2D eigenvalue weighted by Gasteiger charge is 2.11. The van der Waals surface area contributed by atoms with E-state index in [0.29, 0.717) is 5.56 Å². The van der Waals surface area contributed by atoms with E-state index in [1.54, 1.807) is 6.07 Å². The molecule has 2 aromatic rings. The summed E-state index contributed by atoms with van der Waals surface area (Å²) in [6, 6.07) is 8.37. The van der Waals surface area contributed by atoms with Crippen LogP contribution in [0.3, 0.4) is 0 Å². The van der Waals surface area contributed by atoms with Crippen LogP contribution in [0.15, 0.2) is 36.4 Å². The van der Waals surface area contributed by atoms with Crippen molar-refractivity contribution in [1.29, 1.82) is 0 Å². The van der Waals surface area contributed by atoms with Crippen LogP contribution in [0, 0.1) is 11.6 Å². The van der Waals surface area contributed by atoms with Crippen LogP contribution in [0.25, 0.3) is 11.1 Å². The van der Waals surface area contributed by atoms with E-state index in [1.165, 1.54) is 24.3 Å². The molecule has 0 aliphatic carbocycles. The Balaban J connectivity index is 2.63. The van der Waals surface area contributed by atoms with Gasteiger partial charge in [0.2, 0.25) is 0 Å². The van der Waals surface area contributed by atoms with Gasteiger partial charge in [-0.25, -0.2) is 8.78 Å². The first-order valence-corrected chi connectivity index (χ1v) is 5.24. The van der Waals surface area contributed by atoms with Gasteiger partial charge in [-0.3, -0.25) is 0 Å². The highest BCUT2D eigenvalue weighted by Crippen LogP contribution is 2.32. The first-order valence-electron chi connectivity index (χ1n) is 4.49. The highest BCUT2D eigenvalue weighted by atomic mass is 35.5. The van der Waals surface area contributed by atoms with E-state index in [9.17, 15) is 8.78 Å². The van der Waals surface area contributed by atoms with Crippen LogP contribution in [0.2, 0.25) is 10.0 Å². The lowest BCUT2D eigenvalue weighted by Gasteiger charge is -2.06. The molecule has 0 heterocycles. The molecule has 0 unspecified atom stereocenters. The van der Waals surface area contributed by atoms with Gasteiger partial charge in [-0.1, -0.05) is 35.3 Å². The minimum atomic E-state index is -0.599. The molecular weight excluding hydrogens is 253 g/mol. The van der Waals surface area contributed by atoms with Crippen molar-refractivity contribution >= 4 is 23.2 Å². The molecule has 0 aliphatic rings. The molecule has 0 saturated carbocycles. The summed E-state index contributed by atoms with van der Waals surface area (Å²) in [6.45, 7) is 0. The minimum Gasteiger partial charge on any atom is -0.206 e. The molecule has 0 aromatic heterocycles. The van der Waals surface area contributed by atoms with E-state index in [0.717, 1.165) is 6.07 Å². The maximum atomic E-state index is 13.5. The number of hydrogen-bond acceptors (Lipinski definition) is 0. The molecule has 4 heteroatoms. The molecule has 0 aliphatic heterocycles. The van der Waals surface area contributed by atoms with Crippen molar-refractivity contribution in [3.63, 3.8) is 0 Å². The summed E-state index contributed by atoms with van der Waals surface area (Å²) in [7, 11) is 0. The lowest BCUT2D eigenvalue weighted by molar-refractivity contribution is 0.625. The fourth-order valence-corrected chi connectivity index (χ4v) is 1.81. The standard InChI is InChI=1S/C12H6Cl2F2/c13-8-5-4-7(6-11(8)16)12-9(14)2-1-3-10(12)15/h1-6H. The maximum absolute atomic E-state index is 13.5. The molecule has 0 amide bonds. The number of hydrogen-bond donors (Lipinski definition) is 0. The molecule has 0 saturated heterocycles. The average Bonchev–Trinajstić information content (AvgIpc) is 2.23. The van der Waals surface area contributed by atoms with Crippen LogP contribution in [-0.4, -0.2) is 0 Å². The molecule has 82 valence electrons. The zero-order valence-electron chi connectivity index (χ0n) is 7.98. The van der Waals surface area contributed by atoms with Gasteiger partial charge in [-0.15, -0.1) is 0 Å². The summed E-state index contributed by atoms with van der Waals surface area (Å²) in [4.78, 5) is 0. The smallest absolute Gasteiger partial charge is 0.142 e. The Morgan fingerprint density at radius 1 is 0.812 bits per heavy atom. The molecule has 0 nitrogen and oxygen atoms in total. The van der Waals surface area contributed by atoms with Gasteiger partial charge in [0.1, 0.15) is 11.6 Å². The number of benzene rings is 2. The number of rotatable bonds is 1. The molecule has 0 fully saturated rings. The molecule has 2 rings (SSSR count). The molecular formula is C12H6Cl2F2. The molecule has 0 radical (unpaired) electrons. The lowest BCUT2D eigenvalue weighted by Crippen LogP contribution is -1.87. The van der Waals surface area contributed by atoms with Crippen LogP contribution in [0.4, 0.5) is 8.78 Å². The van der Waals surface area contributed by atoms with Gasteiger partial charge in [0.15, 0.2) is 0 Å². The summed E-state index contributed by atoms with van der Waals surface area (Å²) in [6.07, 6.45) is 0. The molecule has 0 bridgehead atoms. The monoisotopic (exact) mass is 258 g/mol. The van der Waals surface area contributed by atoms with Gasteiger partial charge in [0.05, 0.1) is 10.0 Å². The van der Waals surface area contributed by atoms with Crippen LogP contribution < -0.4 is 0 Å². The van der Waals surface area contributed by atoms with E-state index in [1.807, 2.05) is 0 Å². The Morgan fingerprint density at radius 2 is 1.56 bits per heavy atom. The van der Waals surface area contributed by atoms with Gasteiger partial charge in [-0.05, 0) is 29.8 Å². The third-order valence-corrected chi connectivity index (χ3v) is 2.79. The number of halogens is 4. The third kappa shape index (κ3) is 2.04. The fourth-order valence-electron chi connectivity index (χ4n) is 1.43. The fraction of sp³-hybridized carbons (Fsp3) is 0. The predicted octanol–water partition coefficient (Wildman–Crippen LogP) is 4.94. The summed E-state index contributed by atoms with van der Waals surface area (Å²) in [5.74, 6) is -1.09. The van der Waals surface area contributed by atoms with Crippen LogP contribution in [0.1, 0.15) is 0 Å². The lowest BCUT2D eigenvalue weighted by atomic mass is 10.1. The molecule has 0 atom stereocenters. The quantitative estimate of drug-likeness (QED) is 0.680. The van der Waals surface area contributed by atoms with Gasteiger partial charge in [0.25, 0.3) is 0 Å². The second-order valence-corrected chi connectivity index (χ2v) is 4.04. The Morgan fingerprint density at radius 3 is 2.19 bits per heavy atom. The summed E-state index contributed by atoms with van der Waals surface area (Å²) >= 11 is 11.4. The van der Waals surface area contributed by atoms with Crippen molar-refractivity contribution in [3.05, 3.63) is 58.1 Å². The van der Waals surface area contributed by atoms with Gasteiger partial charge in [-0.2, -0.15) is 0 Å². The maximum Gasteiger partial charge on any atom is 0.142 e. The van der Waals surface area contributed by atoms with Crippen LogP contribution in [0.5, 0.6) is 0 Å². The van der Waals surface area contributed by atoms with E-state index in [4.69, 9.17) is 23.2 Å². The Kier molecular flexibility index (Phi) is 3.13. The van der Waals surface area contributed by atoms with E-state index in [2.05, 4.69) is 0 Å². The van der Waals surface area contributed by atoms with Gasteiger partial charge >= 0.3 is 0 Å². The average molecular weight is 259 g/mol. The van der Waals surface area contributed by atoms with E-state index < -0.39 is 11.6 Å². The first-order chi connectivity index (χ1) is 7.59. The van der Waals surface area contributed by atoms with Crippen molar-refractivity contribution in [3.8, 4) is 11.1 Å². The van der Waals surface area contributed by atoms with E-state index >= 15 is 0 Å². The van der Waals surface area contributed by atoms with Crippen molar-refractivity contribution in [2.24, 2.45) is 0 Å². The van der Waals surface area contributed by atoms with Crippen LogP contribution >= 0.6 is 23.2 Å². The molecule has 2 aromatic carbocycles. The summed E-state index contributed by atoms with van der Waals surface area (Å²) < 4.78 is 26.8. The van der Waals surface area contributed by atoms with Crippen LogP contribution in [-0.2, 0) is 0 Å². The van der Waals surface area contributed by atoms with Crippen molar-refractivity contribution in [1.82, 2.24) is 0 Å². The van der Waals surface area contributed by atoms with Crippen molar-refractivity contribution in [2.75, 3.05) is 0 Å². The Labute approximate surface area is 101 Å². The third-order valence-electron chi connectivity index (χ3n) is 2.17. The Bertz CT molecular complexity index is 518. The largest absolute Gasteiger partial charge is 0.206 e. The topological polar surface area (TPSA) is 0 Å². The van der Waals surface area contributed by atoms with Gasteiger partial charge in [0, 0.05) is 5.56 Å². The SMILES string of the molecule is Fc1cc(-c2c(F)cccc2Cl)ccc1Cl. The first kappa shape index (κ1) is 11.4. The highest BCUT2D eigenvalue weighted by molar-refractivity contribution is 6.33. The molecule has 16 heavy (non-hydrogen) atoms. The second-order valence-electron chi connectivity index (χ2n) is 3.23. The second kappa shape index (κ2) is 4.40. The van der Waals surface area contributed by atoms with Gasteiger partial charge < -0.3 is 0 Å². The van der Waals surface area contributed by atoms with E-state index in [-0.39, 0.29) is 15.6 Å². The summed E-state index contributed by atoms with van der Waals surface area (Å²) in [5.41, 5.74) is 0.546. The normalized spacial score (nSPS) is 10.5. The van der Waals surface area contributed by atoms with Crippen molar-refractivity contribution < 1.29 is 8.78 Å². The zero-order valence-corrected chi connectivity index (χ0v) is 9.49. The molecule has 0 spiro atoms.